The number of hydrogen-bond acceptors (Lipinski definition) is 5. The van der Waals surface area contributed by atoms with Gasteiger partial charge in [0.1, 0.15) is 5.75 Å². The van der Waals surface area contributed by atoms with Crippen LogP contribution in [0.15, 0.2) is 46.9 Å². The van der Waals surface area contributed by atoms with Gasteiger partial charge in [-0.3, -0.25) is 4.79 Å². The van der Waals surface area contributed by atoms with E-state index in [4.69, 9.17) is 16.0 Å². The van der Waals surface area contributed by atoms with Gasteiger partial charge in [0.05, 0.1) is 12.3 Å². The molecule has 2 aromatic carbocycles. The summed E-state index contributed by atoms with van der Waals surface area (Å²) in [5, 5.41) is 17.1. The molecule has 0 bridgehead atoms. The molecule has 0 radical (unpaired) electrons. The van der Waals surface area contributed by atoms with E-state index in [1.807, 2.05) is 0 Å². The Bertz CT molecular complexity index is 1040. The minimum Gasteiger partial charge on any atom is -0.481 e. The Morgan fingerprint density at radius 3 is 2.59 bits per heavy atom. The van der Waals surface area contributed by atoms with Gasteiger partial charge in [-0.1, -0.05) is 35.9 Å². The van der Waals surface area contributed by atoms with Crippen LogP contribution in [0.4, 0.5) is 13.2 Å². The number of benzene rings is 2. The summed E-state index contributed by atoms with van der Waals surface area (Å²) in [6.07, 6.45) is -5.24. The zero-order valence-electron chi connectivity index (χ0n) is 14.9. The van der Waals surface area contributed by atoms with Crippen molar-refractivity contribution in [3.63, 3.8) is 0 Å². The third-order valence-electron chi connectivity index (χ3n) is 3.96. The van der Waals surface area contributed by atoms with Crippen LogP contribution in [0.2, 0.25) is 5.02 Å². The largest absolute Gasteiger partial charge is 0.573 e. The van der Waals surface area contributed by atoms with E-state index in [9.17, 15) is 23.1 Å². The molecule has 1 N–H and O–H groups in total. The first-order valence-corrected chi connectivity index (χ1v) is 8.67. The van der Waals surface area contributed by atoms with E-state index >= 15 is 0 Å². The summed E-state index contributed by atoms with van der Waals surface area (Å²) in [5.41, 5.74) is 0.865. The highest BCUT2D eigenvalue weighted by Crippen LogP contribution is 2.38. The second-order valence-electron chi connectivity index (χ2n) is 6.13. The molecule has 0 saturated carbocycles. The van der Waals surface area contributed by atoms with Crippen molar-refractivity contribution >= 4 is 17.6 Å². The summed E-state index contributed by atoms with van der Waals surface area (Å²) in [4.78, 5) is 11.3. The first kappa shape index (κ1) is 20.7. The van der Waals surface area contributed by atoms with Crippen LogP contribution in [-0.4, -0.2) is 27.6 Å². The van der Waals surface area contributed by atoms with Gasteiger partial charge in [0.25, 0.3) is 0 Å². The standard InChI is InChI=1S/C19H14ClF3N2O4/c1-10-24-25-18(28-10)15(9-17(26)27)12-6-11(7-13(20)8-12)14-4-2-3-5-16(14)29-19(21,22)23/h2-8,15H,9H2,1H3,(H,26,27). The smallest absolute Gasteiger partial charge is 0.481 e. The zero-order chi connectivity index (χ0) is 21.2. The van der Waals surface area contributed by atoms with Crippen molar-refractivity contribution in [3.8, 4) is 16.9 Å². The van der Waals surface area contributed by atoms with Crippen LogP contribution in [0.25, 0.3) is 11.1 Å². The van der Waals surface area contributed by atoms with Crippen LogP contribution in [0, 0.1) is 6.92 Å². The number of alkyl halides is 3. The normalized spacial score (nSPS) is 12.6. The Kier molecular flexibility index (Phi) is 5.78. The average Bonchev–Trinajstić information content (AvgIpc) is 3.04. The van der Waals surface area contributed by atoms with E-state index in [0.717, 1.165) is 0 Å². The molecule has 0 saturated heterocycles. The number of hydrogen-bond donors (Lipinski definition) is 1. The Hall–Kier alpha value is -3.07. The van der Waals surface area contributed by atoms with E-state index in [-0.39, 0.29) is 28.8 Å². The van der Waals surface area contributed by atoms with Gasteiger partial charge in [-0.25, -0.2) is 0 Å². The number of aryl methyl sites for hydroxylation is 1. The topological polar surface area (TPSA) is 85.5 Å². The minimum atomic E-state index is -4.87. The van der Waals surface area contributed by atoms with Crippen molar-refractivity contribution in [1.82, 2.24) is 10.2 Å². The second-order valence-corrected chi connectivity index (χ2v) is 6.56. The van der Waals surface area contributed by atoms with Crippen molar-refractivity contribution in [2.75, 3.05) is 0 Å². The molecule has 0 fully saturated rings. The lowest BCUT2D eigenvalue weighted by molar-refractivity contribution is -0.274. The molecule has 0 aliphatic rings. The number of ether oxygens (including phenoxy) is 1. The average molecular weight is 427 g/mol. The molecule has 1 unspecified atom stereocenters. The Morgan fingerprint density at radius 1 is 1.24 bits per heavy atom. The molecule has 6 nitrogen and oxygen atoms in total. The van der Waals surface area contributed by atoms with Gasteiger partial charge >= 0.3 is 12.3 Å². The molecule has 1 atom stereocenters. The number of para-hydroxylation sites is 1. The zero-order valence-corrected chi connectivity index (χ0v) is 15.7. The third-order valence-corrected chi connectivity index (χ3v) is 4.18. The van der Waals surface area contributed by atoms with E-state index in [1.54, 1.807) is 13.0 Å². The molecule has 10 heteroatoms. The summed E-state index contributed by atoms with van der Waals surface area (Å²) in [6, 6.07) is 10.1. The third kappa shape index (κ3) is 5.26. The molecule has 3 rings (SSSR count). The molecule has 0 aliphatic carbocycles. The van der Waals surface area contributed by atoms with Crippen molar-refractivity contribution < 1.29 is 32.2 Å². The van der Waals surface area contributed by atoms with Crippen molar-refractivity contribution in [3.05, 3.63) is 64.8 Å². The molecule has 0 spiro atoms. The van der Waals surface area contributed by atoms with Crippen LogP contribution in [0.3, 0.4) is 0 Å². The van der Waals surface area contributed by atoms with Gasteiger partial charge < -0.3 is 14.3 Å². The molecule has 1 aromatic heterocycles. The van der Waals surface area contributed by atoms with Crippen molar-refractivity contribution in [1.29, 1.82) is 0 Å². The fraction of sp³-hybridized carbons (Fsp3) is 0.211. The van der Waals surface area contributed by atoms with Gasteiger partial charge in [-0.15, -0.1) is 23.4 Å². The van der Waals surface area contributed by atoms with Gasteiger partial charge in [-0.05, 0) is 29.3 Å². The molecule has 152 valence electrons. The second kappa shape index (κ2) is 8.12. The number of carboxylic acid groups (broad SMARTS) is 1. The molecule has 0 aliphatic heterocycles. The summed E-state index contributed by atoms with van der Waals surface area (Å²) in [7, 11) is 0. The number of aliphatic carboxylic acids is 1. The maximum Gasteiger partial charge on any atom is 0.573 e. The van der Waals surface area contributed by atoms with E-state index < -0.39 is 24.0 Å². The Morgan fingerprint density at radius 2 is 1.97 bits per heavy atom. The number of carboxylic acids is 1. The lowest BCUT2D eigenvalue weighted by Crippen LogP contribution is -2.17. The summed E-state index contributed by atoms with van der Waals surface area (Å²) < 4.78 is 47.7. The first-order chi connectivity index (χ1) is 13.6. The van der Waals surface area contributed by atoms with E-state index in [2.05, 4.69) is 14.9 Å². The lowest BCUT2D eigenvalue weighted by Gasteiger charge is -2.16. The monoisotopic (exact) mass is 426 g/mol. The number of nitrogens with zero attached hydrogens (tertiary/aromatic N) is 2. The first-order valence-electron chi connectivity index (χ1n) is 8.30. The van der Waals surface area contributed by atoms with Crippen LogP contribution in [0.5, 0.6) is 5.75 Å². The van der Waals surface area contributed by atoms with Gasteiger partial charge in [-0.2, -0.15) is 0 Å². The number of halogens is 4. The number of aromatic nitrogens is 2. The maximum atomic E-state index is 12.7. The highest BCUT2D eigenvalue weighted by molar-refractivity contribution is 6.31. The minimum absolute atomic E-state index is 0.0675. The molecule has 1 heterocycles. The fourth-order valence-electron chi connectivity index (χ4n) is 2.86. The maximum absolute atomic E-state index is 12.7. The highest BCUT2D eigenvalue weighted by atomic mass is 35.5. The molecule has 0 amide bonds. The summed E-state index contributed by atoms with van der Waals surface area (Å²) >= 11 is 6.18. The highest BCUT2D eigenvalue weighted by Gasteiger charge is 2.32. The van der Waals surface area contributed by atoms with Gasteiger partial charge in [0.15, 0.2) is 0 Å². The van der Waals surface area contributed by atoms with Crippen molar-refractivity contribution in [2.45, 2.75) is 25.6 Å². The lowest BCUT2D eigenvalue weighted by atomic mass is 9.92. The molecular weight excluding hydrogens is 413 g/mol. The SMILES string of the molecule is Cc1nnc(C(CC(=O)O)c2cc(Cl)cc(-c3ccccc3OC(F)(F)F)c2)o1. The molecule has 29 heavy (non-hydrogen) atoms. The van der Waals surface area contributed by atoms with E-state index in [0.29, 0.717) is 11.1 Å². The Balaban J connectivity index is 2.10. The summed E-state index contributed by atoms with van der Waals surface area (Å²) in [6.45, 7) is 1.56. The van der Waals surface area contributed by atoms with Crippen LogP contribution in [-0.2, 0) is 4.79 Å². The Labute approximate surface area is 167 Å². The number of carbonyl (C=O) groups is 1. The van der Waals surface area contributed by atoms with Crippen LogP contribution >= 0.6 is 11.6 Å². The number of rotatable bonds is 6. The predicted molar refractivity (Wildman–Crippen MR) is 96.7 cm³/mol. The predicted octanol–water partition coefficient (Wildman–Crippen LogP) is 5.20. The quantitative estimate of drug-likeness (QED) is 0.582. The van der Waals surface area contributed by atoms with Gasteiger partial charge in [0, 0.05) is 17.5 Å². The summed E-state index contributed by atoms with van der Waals surface area (Å²) in [5.74, 6) is -2.04. The van der Waals surface area contributed by atoms with Gasteiger partial charge in [0.2, 0.25) is 11.8 Å². The fourth-order valence-corrected chi connectivity index (χ4v) is 3.11. The van der Waals surface area contributed by atoms with Crippen molar-refractivity contribution in [2.24, 2.45) is 0 Å². The molecule has 3 aromatic rings. The molecular formula is C19H14ClF3N2O4. The van der Waals surface area contributed by atoms with Crippen LogP contribution < -0.4 is 4.74 Å². The van der Waals surface area contributed by atoms with Crippen LogP contribution in [0.1, 0.15) is 29.7 Å². The van der Waals surface area contributed by atoms with E-state index in [1.165, 1.54) is 36.4 Å².